The standard InChI is InChI=1S/C18H30N2O/c1-6-20(15-10-8-14(3)9-11-15)13-18(19)12-16(21-7-2)17(18,4)5/h8-11,16H,6-7,12-13,19H2,1-5H3. The van der Waals surface area contributed by atoms with Gasteiger partial charge in [-0.25, -0.2) is 0 Å². The highest BCUT2D eigenvalue weighted by Crippen LogP contribution is 2.50. The van der Waals surface area contributed by atoms with Gasteiger partial charge in [-0.1, -0.05) is 31.5 Å². The predicted octanol–water partition coefficient (Wildman–Crippen LogP) is 3.35. The highest BCUT2D eigenvalue weighted by Gasteiger charge is 2.58. The van der Waals surface area contributed by atoms with Gasteiger partial charge in [0.1, 0.15) is 0 Å². The lowest BCUT2D eigenvalue weighted by atomic mass is 9.54. The van der Waals surface area contributed by atoms with Crippen molar-refractivity contribution in [2.75, 3.05) is 24.6 Å². The third kappa shape index (κ3) is 2.95. The van der Waals surface area contributed by atoms with E-state index in [0.29, 0.717) is 0 Å². The molecule has 0 amide bonds. The van der Waals surface area contributed by atoms with Gasteiger partial charge >= 0.3 is 0 Å². The second kappa shape index (κ2) is 5.98. The lowest BCUT2D eigenvalue weighted by Crippen LogP contribution is -2.73. The van der Waals surface area contributed by atoms with E-state index in [1.165, 1.54) is 11.3 Å². The van der Waals surface area contributed by atoms with Gasteiger partial charge in [-0.05, 0) is 39.3 Å². The first-order chi connectivity index (χ1) is 9.84. The summed E-state index contributed by atoms with van der Waals surface area (Å²) in [4.78, 5) is 2.38. The molecule has 0 heterocycles. The summed E-state index contributed by atoms with van der Waals surface area (Å²) in [7, 11) is 0. The van der Waals surface area contributed by atoms with Gasteiger partial charge in [0.25, 0.3) is 0 Å². The fourth-order valence-electron chi connectivity index (χ4n) is 3.26. The first-order valence-electron chi connectivity index (χ1n) is 8.06. The molecule has 1 aromatic carbocycles. The summed E-state index contributed by atoms with van der Waals surface area (Å²) in [5.41, 5.74) is 9.09. The van der Waals surface area contributed by atoms with Gasteiger partial charge in [0, 0.05) is 36.3 Å². The Morgan fingerprint density at radius 2 is 1.86 bits per heavy atom. The Morgan fingerprint density at radius 1 is 1.24 bits per heavy atom. The Labute approximate surface area is 129 Å². The molecule has 118 valence electrons. The summed E-state index contributed by atoms with van der Waals surface area (Å²) >= 11 is 0. The average Bonchev–Trinajstić information content (AvgIpc) is 2.45. The maximum atomic E-state index is 6.72. The van der Waals surface area contributed by atoms with E-state index in [4.69, 9.17) is 10.5 Å². The van der Waals surface area contributed by atoms with Crippen LogP contribution in [0.2, 0.25) is 0 Å². The summed E-state index contributed by atoms with van der Waals surface area (Å²) in [6.45, 7) is 13.4. The number of aryl methyl sites for hydroxylation is 1. The molecular weight excluding hydrogens is 260 g/mol. The van der Waals surface area contributed by atoms with Crippen LogP contribution in [0, 0.1) is 12.3 Å². The van der Waals surface area contributed by atoms with Crippen molar-refractivity contribution in [1.82, 2.24) is 0 Å². The van der Waals surface area contributed by atoms with Crippen molar-refractivity contribution in [2.24, 2.45) is 11.1 Å². The molecule has 2 rings (SSSR count). The minimum absolute atomic E-state index is 0.0150. The van der Waals surface area contributed by atoms with E-state index in [0.717, 1.165) is 26.1 Å². The summed E-state index contributed by atoms with van der Waals surface area (Å²) in [6.07, 6.45) is 1.22. The fraction of sp³-hybridized carbons (Fsp3) is 0.667. The van der Waals surface area contributed by atoms with Gasteiger partial charge in [0.2, 0.25) is 0 Å². The van der Waals surface area contributed by atoms with Crippen molar-refractivity contribution >= 4 is 5.69 Å². The Bertz CT molecular complexity index is 469. The number of nitrogens with two attached hydrogens (primary N) is 1. The number of hydrogen-bond acceptors (Lipinski definition) is 3. The van der Waals surface area contributed by atoms with Crippen LogP contribution in [-0.2, 0) is 4.74 Å². The molecule has 0 saturated heterocycles. The molecule has 2 N–H and O–H groups in total. The van der Waals surface area contributed by atoms with Crippen molar-refractivity contribution in [3.63, 3.8) is 0 Å². The summed E-state index contributed by atoms with van der Waals surface area (Å²) in [6, 6.07) is 8.70. The third-order valence-corrected chi connectivity index (χ3v) is 5.26. The van der Waals surface area contributed by atoms with Crippen molar-refractivity contribution in [1.29, 1.82) is 0 Å². The smallest absolute Gasteiger partial charge is 0.0662 e. The molecule has 0 spiro atoms. The SMILES string of the molecule is CCOC1CC(N)(CN(CC)c2ccc(C)cc2)C1(C)C. The fourth-order valence-corrected chi connectivity index (χ4v) is 3.26. The lowest BCUT2D eigenvalue weighted by molar-refractivity contribution is -0.146. The first-order valence-corrected chi connectivity index (χ1v) is 8.06. The number of likely N-dealkylation sites (N-methyl/N-ethyl adjacent to an activating group) is 1. The number of rotatable bonds is 6. The van der Waals surface area contributed by atoms with E-state index in [9.17, 15) is 0 Å². The molecule has 1 aliphatic rings. The Hall–Kier alpha value is -1.06. The van der Waals surface area contributed by atoms with Crippen molar-refractivity contribution in [3.05, 3.63) is 29.8 Å². The van der Waals surface area contributed by atoms with E-state index in [-0.39, 0.29) is 17.1 Å². The van der Waals surface area contributed by atoms with E-state index >= 15 is 0 Å². The topological polar surface area (TPSA) is 38.5 Å². The van der Waals surface area contributed by atoms with Crippen LogP contribution >= 0.6 is 0 Å². The minimum Gasteiger partial charge on any atom is -0.378 e. The number of ether oxygens (including phenoxy) is 1. The molecule has 0 aliphatic heterocycles. The molecule has 2 atom stereocenters. The van der Waals surface area contributed by atoms with Crippen LogP contribution in [0.3, 0.4) is 0 Å². The normalized spacial score (nSPS) is 27.2. The third-order valence-electron chi connectivity index (χ3n) is 5.26. The van der Waals surface area contributed by atoms with Crippen LogP contribution in [0.25, 0.3) is 0 Å². The minimum atomic E-state index is -0.187. The second-order valence-electron chi connectivity index (χ2n) is 6.88. The zero-order valence-corrected chi connectivity index (χ0v) is 14.1. The average molecular weight is 290 g/mol. The van der Waals surface area contributed by atoms with Gasteiger partial charge in [0.15, 0.2) is 0 Å². The number of nitrogens with zero attached hydrogens (tertiary/aromatic N) is 1. The van der Waals surface area contributed by atoms with Gasteiger partial charge in [-0.2, -0.15) is 0 Å². The molecule has 2 unspecified atom stereocenters. The van der Waals surface area contributed by atoms with E-state index in [1.54, 1.807) is 0 Å². The maximum Gasteiger partial charge on any atom is 0.0662 e. The van der Waals surface area contributed by atoms with Gasteiger partial charge in [-0.15, -0.1) is 0 Å². The second-order valence-corrected chi connectivity index (χ2v) is 6.88. The summed E-state index contributed by atoms with van der Waals surface area (Å²) in [5, 5.41) is 0. The highest BCUT2D eigenvalue weighted by atomic mass is 16.5. The summed E-state index contributed by atoms with van der Waals surface area (Å²) in [5.74, 6) is 0. The monoisotopic (exact) mass is 290 g/mol. The molecule has 1 saturated carbocycles. The van der Waals surface area contributed by atoms with Gasteiger partial charge in [0.05, 0.1) is 6.10 Å². The molecule has 1 fully saturated rings. The van der Waals surface area contributed by atoms with Crippen LogP contribution in [0.4, 0.5) is 5.69 Å². The molecular formula is C18H30N2O. The lowest BCUT2D eigenvalue weighted by Gasteiger charge is -2.60. The van der Waals surface area contributed by atoms with Crippen LogP contribution < -0.4 is 10.6 Å². The molecule has 0 bridgehead atoms. The molecule has 1 aliphatic carbocycles. The Morgan fingerprint density at radius 3 is 2.33 bits per heavy atom. The predicted molar refractivity (Wildman–Crippen MR) is 89.8 cm³/mol. The maximum absolute atomic E-state index is 6.72. The zero-order chi connectivity index (χ0) is 15.7. The summed E-state index contributed by atoms with van der Waals surface area (Å²) < 4.78 is 5.83. The van der Waals surface area contributed by atoms with Crippen molar-refractivity contribution < 1.29 is 4.74 Å². The first kappa shape index (κ1) is 16.3. The van der Waals surface area contributed by atoms with Crippen molar-refractivity contribution in [3.8, 4) is 0 Å². The molecule has 3 nitrogen and oxygen atoms in total. The van der Waals surface area contributed by atoms with Gasteiger partial charge in [-0.3, -0.25) is 0 Å². The van der Waals surface area contributed by atoms with E-state index in [2.05, 4.69) is 63.8 Å². The quantitative estimate of drug-likeness (QED) is 0.873. The molecule has 1 aromatic rings. The van der Waals surface area contributed by atoms with Gasteiger partial charge < -0.3 is 15.4 Å². The Kier molecular flexibility index (Phi) is 4.64. The number of hydrogen-bond donors (Lipinski definition) is 1. The van der Waals surface area contributed by atoms with Crippen molar-refractivity contribution in [2.45, 2.75) is 52.7 Å². The Balaban J connectivity index is 2.10. The number of anilines is 1. The highest BCUT2D eigenvalue weighted by molar-refractivity contribution is 5.48. The van der Waals surface area contributed by atoms with E-state index < -0.39 is 0 Å². The largest absolute Gasteiger partial charge is 0.378 e. The molecule has 0 radical (unpaired) electrons. The van der Waals surface area contributed by atoms with Crippen LogP contribution in [0.15, 0.2) is 24.3 Å². The zero-order valence-electron chi connectivity index (χ0n) is 14.1. The number of benzene rings is 1. The molecule has 0 aromatic heterocycles. The van der Waals surface area contributed by atoms with Crippen LogP contribution in [0.5, 0.6) is 0 Å². The van der Waals surface area contributed by atoms with Crippen LogP contribution in [-0.4, -0.2) is 31.3 Å². The van der Waals surface area contributed by atoms with Crippen LogP contribution in [0.1, 0.15) is 39.7 Å². The van der Waals surface area contributed by atoms with E-state index in [1.807, 2.05) is 0 Å². The molecule has 3 heteroatoms. The molecule has 21 heavy (non-hydrogen) atoms.